The van der Waals surface area contributed by atoms with Crippen LogP contribution in [0.3, 0.4) is 0 Å². The summed E-state index contributed by atoms with van der Waals surface area (Å²) < 4.78 is 0. The second-order valence-corrected chi connectivity index (χ2v) is 8.27. The molecule has 0 amide bonds. The zero-order valence-electron chi connectivity index (χ0n) is 13.8. The summed E-state index contributed by atoms with van der Waals surface area (Å²) in [6, 6.07) is 0.556. The van der Waals surface area contributed by atoms with Crippen molar-refractivity contribution >= 4 is 53.0 Å². The number of hydrogen-bond acceptors (Lipinski definition) is 4. The number of aromatic nitrogens is 1. The number of thioether (sulfide) groups is 1. The highest BCUT2D eigenvalue weighted by atomic mass is 127. The zero-order chi connectivity index (χ0) is 15.2. The van der Waals surface area contributed by atoms with Crippen LogP contribution in [-0.4, -0.2) is 35.0 Å². The minimum absolute atomic E-state index is 0. The van der Waals surface area contributed by atoms with Crippen molar-refractivity contribution in [3.63, 3.8) is 0 Å². The van der Waals surface area contributed by atoms with Crippen LogP contribution in [0.2, 0.25) is 0 Å². The Hall–Kier alpha value is -0.0200. The lowest BCUT2D eigenvalue weighted by Crippen LogP contribution is -2.42. The number of guanidine groups is 1. The van der Waals surface area contributed by atoms with Crippen LogP contribution >= 0.6 is 47.1 Å². The van der Waals surface area contributed by atoms with E-state index in [1.54, 1.807) is 11.3 Å². The van der Waals surface area contributed by atoms with Crippen LogP contribution in [0.4, 0.5) is 0 Å². The SMILES string of the molecule is CCSC1CCC(NC(=NC)NCc2nc(C)c(C)s2)C1.I. The van der Waals surface area contributed by atoms with E-state index >= 15 is 0 Å². The third kappa shape index (κ3) is 5.88. The Kier molecular flexibility index (Phi) is 9.08. The van der Waals surface area contributed by atoms with Crippen molar-refractivity contribution in [2.24, 2.45) is 4.99 Å². The van der Waals surface area contributed by atoms with E-state index < -0.39 is 0 Å². The molecule has 1 aliphatic rings. The molecule has 0 aliphatic heterocycles. The fraction of sp³-hybridized carbons (Fsp3) is 0.733. The molecule has 1 heterocycles. The molecule has 2 rings (SSSR count). The maximum absolute atomic E-state index is 4.55. The quantitative estimate of drug-likeness (QED) is 0.405. The molecule has 0 saturated heterocycles. The maximum Gasteiger partial charge on any atom is 0.191 e. The van der Waals surface area contributed by atoms with E-state index in [1.807, 2.05) is 7.05 Å². The van der Waals surface area contributed by atoms with Gasteiger partial charge in [0, 0.05) is 23.2 Å². The van der Waals surface area contributed by atoms with Gasteiger partial charge in [-0.3, -0.25) is 4.99 Å². The first-order chi connectivity index (χ1) is 10.1. The van der Waals surface area contributed by atoms with E-state index in [4.69, 9.17) is 0 Å². The number of aryl methyl sites for hydroxylation is 2. The third-order valence-electron chi connectivity index (χ3n) is 3.83. The number of nitrogens with zero attached hydrogens (tertiary/aromatic N) is 2. The molecular weight excluding hydrogens is 427 g/mol. The van der Waals surface area contributed by atoms with Crippen LogP contribution in [0, 0.1) is 13.8 Å². The Morgan fingerprint density at radius 2 is 2.18 bits per heavy atom. The van der Waals surface area contributed by atoms with Crippen LogP contribution in [0.15, 0.2) is 4.99 Å². The first-order valence-electron chi connectivity index (χ1n) is 7.64. The van der Waals surface area contributed by atoms with Gasteiger partial charge in [0.1, 0.15) is 5.01 Å². The maximum atomic E-state index is 4.55. The van der Waals surface area contributed by atoms with Crippen molar-refractivity contribution in [2.45, 2.75) is 57.9 Å². The zero-order valence-corrected chi connectivity index (χ0v) is 17.8. The molecule has 2 atom stereocenters. The van der Waals surface area contributed by atoms with E-state index in [2.05, 4.69) is 53.1 Å². The molecule has 2 unspecified atom stereocenters. The van der Waals surface area contributed by atoms with E-state index in [0.29, 0.717) is 6.04 Å². The summed E-state index contributed by atoms with van der Waals surface area (Å²) in [7, 11) is 1.83. The van der Waals surface area contributed by atoms with Crippen molar-refractivity contribution < 1.29 is 0 Å². The van der Waals surface area contributed by atoms with Crippen LogP contribution in [0.25, 0.3) is 0 Å². The fourth-order valence-corrected chi connectivity index (χ4v) is 4.64. The lowest BCUT2D eigenvalue weighted by molar-refractivity contribution is 0.614. The number of rotatable bonds is 5. The molecule has 1 aliphatic carbocycles. The van der Waals surface area contributed by atoms with Crippen LogP contribution in [-0.2, 0) is 6.54 Å². The number of thiazole rings is 1. The Balaban J connectivity index is 0.00000242. The lowest BCUT2D eigenvalue weighted by Gasteiger charge is -2.17. The minimum Gasteiger partial charge on any atom is -0.354 e. The molecule has 0 bridgehead atoms. The van der Waals surface area contributed by atoms with Gasteiger partial charge in [0.05, 0.1) is 12.2 Å². The molecule has 7 heteroatoms. The Morgan fingerprint density at radius 3 is 2.77 bits per heavy atom. The van der Waals surface area contributed by atoms with Gasteiger partial charge in [-0.15, -0.1) is 35.3 Å². The van der Waals surface area contributed by atoms with Crippen LogP contribution in [0.1, 0.15) is 41.8 Å². The predicted octanol–water partition coefficient (Wildman–Crippen LogP) is 3.72. The van der Waals surface area contributed by atoms with E-state index in [9.17, 15) is 0 Å². The molecular formula is C15H27IN4S2. The topological polar surface area (TPSA) is 49.3 Å². The summed E-state index contributed by atoms with van der Waals surface area (Å²) in [4.78, 5) is 10.2. The molecule has 1 aromatic heterocycles. The summed E-state index contributed by atoms with van der Waals surface area (Å²) in [6.45, 7) is 7.17. The molecule has 0 aromatic carbocycles. The molecule has 4 nitrogen and oxygen atoms in total. The number of halogens is 1. The first-order valence-corrected chi connectivity index (χ1v) is 9.50. The Labute approximate surface area is 159 Å². The van der Waals surface area contributed by atoms with Gasteiger partial charge in [0.15, 0.2) is 5.96 Å². The van der Waals surface area contributed by atoms with Crippen LogP contribution in [0.5, 0.6) is 0 Å². The minimum atomic E-state index is 0. The van der Waals surface area contributed by atoms with Crippen molar-refractivity contribution in [1.29, 1.82) is 0 Å². The normalized spacial score (nSPS) is 21.5. The average molecular weight is 454 g/mol. The summed E-state index contributed by atoms with van der Waals surface area (Å²) in [5, 5.41) is 8.87. The van der Waals surface area contributed by atoms with Crippen molar-refractivity contribution in [2.75, 3.05) is 12.8 Å². The molecule has 126 valence electrons. The second-order valence-electron chi connectivity index (χ2n) is 5.41. The molecule has 1 saturated carbocycles. The highest BCUT2D eigenvalue weighted by Gasteiger charge is 2.25. The van der Waals surface area contributed by atoms with Gasteiger partial charge in [0.25, 0.3) is 0 Å². The fourth-order valence-electron chi connectivity index (χ4n) is 2.62. The predicted molar refractivity (Wildman–Crippen MR) is 110 cm³/mol. The van der Waals surface area contributed by atoms with E-state index in [1.165, 1.54) is 29.9 Å². The largest absolute Gasteiger partial charge is 0.354 e. The highest BCUT2D eigenvalue weighted by molar-refractivity contribution is 14.0. The van der Waals surface area contributed by atoms with E-state index in [0.717, 1.165) is 28.5 Å². The smallest absolute Gasteiger partial charge is 0.191 e. The van der Waals surface area contributed by atoms with Crippen LogP contribution < -0.4 is 10.6 Å². The summed E-state index contributed by atoms with van der Waals surface area (Å²) >= 11 is 3.84. The summed E-state index contributed by atoms with van der Waals surface area (Å²) in [6.07, 6.45) is 3.81. The molecule has 2 N–H and O–H groups in total. The standard InChI is InChI=1S/C15H26N4S2.HI/c1-5-20-13-7-6-12(8-13)19-15(16-4)17-9-14-18-10(2)11(3)21-14;/h12-13H,5-9H2,1-4H3,(H2,16,17,19);1H. The summed E-state index contributed by atoms with van der Waals surface area (Å²) in [5.74, 6) is 2.11. The third-order valence-corrected chi connectivity index (χ3v) is 6.14. The van der Waals surface area contributed by atoms with E-state index in [-0.39, 0.29) is 24.0 Å². The Morgan fingerprint density at radius 1 is 1.41 bits per heavy atom. The highest BCUT2D eigenvalue weighted by Crippen LogP contribution is 2.29. The van der Waals surface area contributed by atoms with Gasteiger partial charge in [0.2, 0.25) is 0 Å². The summed E-state index contributed by atoms with van der Waals surface area (Å²) in [5.41, 5.74) is 1.13. The van der Waals surface area contributed by atoms with Crippen molar-refractivity contribution in [3.05, 3.63) is 15.6 Å². The molecule has 0 spiro atoms. The van der Waals surface area contributed by atoms with Gasteiger partial charge in [-0.05, 0) is 38.9 Å². The molecule has 22 heavy (non-hydrogen) atoms. The average Bonchev–Trinajstić information content (AvgIpc) is 3.02. The molecule has 1 aromatic rings. The lowest BCUT2D eigenvalue weighted by atomic mass is 10.2. The van der Waals surface area contributed by atoms with Gasteiger partial charge < -0.3 is 10.6 Å². The number of aliphatic imine (C=N–C) groups is 1. The molecule has 1 fully saturated rings. The van der Waals surface area contributed by atoms with Gasteiger partial charge in [-0.1, -0.05) is 6.92 Å². The van der Waals surface area contributed by atoms with Gasteiger partial charge in [-0.2, -0.15) is 11.8 Å². The second kappa shape index (κ2) is 9.97. The molecule has 0 radical (unpaired) electrons. The van der Waals surface area contributed by atoms with Crippen molar-refractivity contribution in [1.82, 2.24) is 15.6 Å². The van der Waals surface area contributed by atoms with Gasteiger partial charge in [-0.25, -0.2) is 4.98 Å². The van der Waals surface area contributed by atoms with Gasteiger partial charge >= 0.3 is 0 Å². The first kappa shape index (κ1) is 20.0. The van der Waals surface area contributed by atoms with Crippen molar-refractivity contribution in [3.8, 4) is 0 Å². The Bertz CT molecular complexity index is 470. The number of nitrogens with one attached hydrogen (secondary N) is 2. The number of hydrogen-bond donors (Lipinski definition) is 2. The monoisotopic (exact) mass is 454 g/mol.